The summed E-state index contributed by atoms with van der Waals surface area (Å²) >= 11 is 3.56. The van der Waals surface area contributed by atoms with Crippen molar-refractivity contribution in [3.63, 3.8) is 0 Å². The quantitative estimate of drug-likeness (QED) is 0.616. The smallest absolute Gasteiger partial charge is 0.135 e. The van der Waals surface area contributed by atoms with Crippen LogP contribution in [0.2, 0.25) is 0 Å². The van der Waals surface area contributed by atoms with Crippen molar-refractivity contribution in [2.75, 3.05) is 16.8 Å². The standard InChI is InChI=1S/C16H24BrN3/c17-10-4-6-13-7-5-11-20(13)16-14-8-2-1-3-9-15(14)18-12-19-16/h12-13H,1-11H2. The lowest BCUT2D eigenvalue weighted by Crippen LogP contribution is -2.31. The normalized spacial score (nSPS) is 22.6. The van der Waals surface area contributed by atoms with Crippen molar-refractivity contribution in [2.24, 2.45) is 0 Å². The maximum absolute atomic E-state index is 4.68. The molecular weight excluding hydrogens is 314 g/mol. The first-order valence-electron chi connectivity index (χ1n) is 8.05. The molecule has 3 rings (SSSR count). The lowest BCUT2D eigenvalue weighted by molar-refractivity contribution is 0.597. The monoisotopic (exact) mass is 337 g/mol. The average Bonchev–Trinajstić information content (AvgIpc) is 2.80. The van der Waals surface area contributed by atoms with Gasteiger partial charge in [-0.15, -0.1) is 0 Å². The third-order valence-electron chi connectivity index (χ3n) is 4.67. The molecule has 0 saturated carbocycles. The Kier molecular flexibility index (Phi) is 4.92. The summed E-state index contributed by atoms with van der Waals surface area (Å²) in [4.78, 5) is 11.8. The molecule has 2 heterocycles. The zero-order valence-corrected chi connectivity index (χ0v) is 13.7. The number of aryl methyl sites for hydroxylation is 1. The highest BCUT2D eigenvalue weighted by Crippen LogP contribution is 2.32. The fraction of sp³-hybridized carbons (Fsp3) is 0.750. The van der Waals surface area contributed by atoms with E-state index < -0.39 is 0 Å². The first-order chi connectivity index (χ1) is 9.90. The van der Waals surface area contributed by atoms with Crippen LogP contribution in [0.4, 0.5) is 5.82 Å². The summed E-state index contributed by atoms with van der Waals surface area (Å²) in [5.74, 6) is 1.26. The molecule has 0 N–H and O–H groups in total. The maximum Gasteiger partial charge on any atom is 0.135 e. The predicted octanol–water partition coefficient (Wildman–Crippen LogP) is 3.89. The molecule has 110 valence electrons. The second-order valence-electron chi connectivity index (χ2n) is 6.00. The van der Waals surface area contributed by atoms with E-state index in [0.29, 0.717) is 6.04 Å². The third kappa shape index (κ3) is 3.00. The molecule has 1 saturated heterocycles. The van der Waals surface area contributed by atoms with Gasteiger partial charge < -0.3 is 4.90 Å². The van der Waals surface area contributed by atoms with Crippen molar-refractivity contribution >= 4 is 21.7 Å². The number of hydrogen-bond donors (Lipinski definition) is 0. The third-order valence-corrected chi connectivity index (χ3v) is 5.23. The van der Waals surface area contributed by atoms with Crippen molar-refractivity contribution in [3.8, 4) is 0 Å². The van der Waals surface area contributed by atoms with Crippen molar-refractivity contribution in [1.29, 1.82) is 0 Å². The van der Waals surface area contributed by atoms with Crippen LogP contribution in [0.5, 0.6) is 0 Å². The Bertz CT molecular complexity index is 449. The molecule has 0 spiro atoms. The molecule has 4 heteroatoms. The number of nitrogens with zero attached hydrogens (tertiary/aromatic N) is 3. The van der Waals surface area contributed by atoms with Crippen LogP contribution < -0.4 is 4.90 Å². The number of aromatic nitrogens is 2. The van der Waals surface area contributed by atoms with Gasteiger partial charge in [0, 0.05) is 29.2 Å². The van der Waals surface area contributed by atoms with Crippen LogP contribution in [0.3, 0.4) is 0 Å². The van der Waals surface area contributed by atoms with Crippen LogP contribution in [0.15, 0.2) is 6.33 Å². The van der Waals surface area contributed by atoms with Crippen LogP contribution in [0, 0.1) is 0 Å². The summed E-state index contributed by atoms with van der Waals surface area (Å²) < 4.78 is 0. The summed E-state index contributed by atoms with van der Waals surface area (Å²) in [5.41, 5.74) is 2.77. The zero-order chi connectivity index (χ0) is 13.8. The van der Waals surface area contributed by atoms with Crippen LogP contribution in [0.25, 0.3) is 0 Å². The van der Waals surface area contributed by atoms with Crippen molar-refractivity contribution in [3.05, 3.63) is 17.6 Å². The van der Waals surface area contributed by atoms with Gasteiger partial charge in [0.15, 0.2) is 0 Å². The van der Waals surface area contributed by atoms with Crippen LogP contribution >= 0.6 is 15.9 Å². The van der Waals surface area contributed by atoms with Gasteiger partial charge in [0.2, 0.25) is 0 Å². The minimum Gasteiger partial charge on any atom is -0.353 e. The highest BCUT2D eigenvalue weighted by Gasteiger charge is 2.28. The number of hydrogen-bond acceptors (Lipinski definition) is 3. The van der Waals surface area contributed by atoms with Crippen LogP contribution in [-0.4, -0.2) is 27.9 Å². The van der Waals surface area contributed by atoms with Crippen molar-refractivity contribution < 1.29 is 0 Å². The van der Waals surface area contributed by atoms with E-state index in [9.17, 15) is 0 Å². The number of rotatable bonds is 4. The lowest BCUT2D eigenvalue weighted by atomic mass is 10.1. The van der Waals surface area contributed by atoms with Gasteiger partial charge in [-0.25, -0.2) is 9.97 Å². The lowest BCUT2D eigenvalue weighted by Gasteiger charge is -2.28. The van der Waals surface area contributed by atoms with Crippen molar-refractivity contribution in [1.82, 2.24) is 9.97 Å². The Balaban J connectivity index is 1.85. The Morgan fingerprint density at radius 2 is 2.05 bits per heavy atom. The molecule has 0 amide bonds. The molecule has 0 bridgehead atoms. The molecule has 1 aliphatic heterocycles. The summed E-state index contributed by atoms with van der Waals surface area (Å²) in [6.45, 7) is 1.18. The van der Waals surface area contributed by atoms with Crippen molar-refractivity contribution in [2.45, 2.75) is 63.8 Å². The van der Waals surface area contributed by atoms with Crippen LogP contribution in [-0.2, 0) is 12.8 Å². The van der Waals surface area contributed by atoms with E-state index in [2.05, 4.69) is 30.8 Å². The fourth-order valence-electron chi connectivity index (χ4n) is 3.66. The number of fused-ring (bicyclic) bond motifs is 1. The first kappa shape index (κ1) is 14.3. The number of alkyl halides is 1. The minimum absolute atomic E-state index is 0.690. The van der Waals surface area contributed by atoms with E-state index in [-0.39, 0.29) is 0 Å². The van der Waals surface area contributed by atoms with E-state index in [0.717, 1.165) is 11.8 Å². The molecule has 1 atom stereocenters. The highest BCUT2D eigenvalue weighted by atomic mass is 79.9. The second kappa shape index (κ2) is 6.88. The SMILES string of the molecule is BrCCCC1CCCN1c1ncnc2c1CCCCC2. The predicted molar refractivity (Wildman–Crippen MR) is 86.7 cm³/mol. The molecule has 20 heavy (non-hydrogen) atoms. The minimum atomic E-state index is 0.690. The molecular formula is C16H24BrN3. The molecule has 1 aliphatic carbocycles. The first-order valence-corrected chi connectivity index (χ1v) is 9.17. The van der Waals surface area contributed by atoms with Gasteiger partial charge >= 0.3 is 0 Å². The van der Waals surface area contributed by atoms with Gasteiger partial charge in [-0.05, 0) is 51.4 Å². The topological polar surface area (TPSA) is 29.0 Å². The largest absolute Gasteiger partial charge is 0.353 e. The summed E-state index contributed by atoms with van der Waals surface area (Å²) in [6.07, 6.45) is 13.2. The molecule has 1 aromatic rings. The molecule has 1 aromatic heterocycles. The Morgan fingerprint density at radius 3 is 2.95 bits per heavy atom. The molecule has 0 radical (unpaired) electrons. The van der Waals surface area contributed by atoms with Gasteiger partial charge in [-0.1, -0.05) is 22.4 Å². The molecule has 1 unspecified atom stereocenters. The molecule has 0 aromatic carbocycles. The number of halogens is 1. The van der Waals surface area contributed by atoms with E-state index in [1.54, 1.807) is 6.33 Å². The van der Waals surface area contributed by atoms with E-state index in [4.69, 9.17) is 0 Å². The molecule has 1 fully saturated rings. The summed E-state index contributed by atoms with van der Waals surface area (Å²) in [5, 5.41) is 1.11. The van der Waals surface area contributed by atoms with Gasteiger partial charge in [0.25, 0.3) is 0 Å². The second-order valence-corrected chi connectivity index (χ2v) is 6.80. The number of anilines is 1. The van der Waals surface area contributed by atoms with E-state index >= 15 is 0 Å². The van der Waals surface area contributed by atoms with Gasteiger partial charge in [0.1, 0.15) is 12.1 Å². The molecule has 3 nitrogen and oxygen atoms in total. The Morgan fingerprint density at radius 1 is 1.15 bits per heavy atom. The van der Waals surface area contributed by atoms with Gasteiger partial charge in [0.05, 0.1) is 0 Å². The van der Waals surface area contributed by atoms with E-state index in [1.165, 1.54) is 75.0 Å². The maximum atomic E-state index is 4.68. The van der Waals surface area contributed by atoms with Gasteiger partial charge in [-0.3, -0.25) is 0 Å². The van der Waals surface area contributed by atoms with Gasteiger partial charge in [-0.2, -0.15) is 0 Å². The van der Waals surface area contributed by atoms with Crippen LogP contribution in [0.1, 0.15) is 56.2 Å². The highest BCUT2D eigenvalue weighted by molar-refractivity contribution is 9.09. The summed E-state index contributed by atoms with van der Waals surface area (Å²) in [7, 11) is 0. The molecule has 2 aliphatic rings. The Labute approximate surface area is 130 Å². The zero-order valence-electron chi connectivity index (χ0n) is 12.2. The summed E-state index contributed by atoms with van der Waals surface area (Å²) in [6, 6.07) is 0.690. The van der Waals surface area contributed by atoms with E-state index in [1.807, 2.05) is 0 Å². The average molecular weight is 338 g/mol. The fourth-order valence-corrected chi connectivity index (χ4v) is 3.98. The Hall–Kier alpha value is -0.640.